The van der Waals surface area contributed by atoms with E-state index in [1.165, 1.54) is 6.26 Å². The van der Waals surface area contributed by atoms with E-state index in [9.17, 15) is 9.59 Å². The molecule has 1 aromatic carbocycles. The zero-order chi connectivity index (χ0) is 16.9. The predicted octanol–water partition coefficient (Wildman–Crippen LogP) is 3.39. The third-order valence-electron chi connectivity index (χ3n) is 3.30. The van der Waals surface area contributed by atoms with E-state index in [-0.39, 0.29) is 23.5 Å². The Morgan fingerprint density at radius 3 is 2.75 bits per heavy atom. The second-order valence-corrected chi connectivity index (χ2v) is 5.07. The first kappa shape index (κ1) is 15.9. The molecule has 3 aromatic rings. The fourth-order valence-corrected chi connectivity index (χ4v) is 2.21. The van der Waals surface area contributed by atoms with Crippen molar-refractivity contribution >= 4 is 16.9 Å². The van der Waals surface area contributed by atoms with Crippen LogP contribution in [0.5, 0.6) is 5.75 Å². The summed E-state index contributed by atoms with van der Waals surface area (Å²) < 4.78 is 21.4. The van der Waals surface area contributed by atoms with Gasteiger partial charge in [-0.25, -0.2) is 4.79 Å². The van der Waals surface area contributed by atoms with E-state index < -0.39 is 5.97 Å². The summed E-state index contributed by atoms with van der Waals surface area (Å²) in [6, 6.07) is 10.1. The van der Waals surface area contributed by atoms with Gasteiger partial charge in [-0.05, 0) is 30.7 Å². The first-order valence-corrected chi connectivity index (χ1v) is 7.59. The maximum atomic E-state index is 12.7. The summed E-state index contributed by atoms with van der Waals surface area (Å²) in [4.78, 5) is 24.3. The van der Waals surface area contributed by atoms with Gasteiger partial charge in [-0.1, -0.05) is 19.1 Å². The Balaban J connectivity index is 2.01. The van der Waals surface area contributed by atoms with Crippen molar-refractivity contribution in [2.45, 2.75) is 13.3 Å². The zero-order valence-electron chi connectivity index (χ0n) is 13.1. The fraction of sp³-hybridized carbons (Fsp3) is 0.222. The van der Waals surface area contributed by atoms with E-state index in [1.807, 2.05) is 6.92 Å². The molecule has 2 heterocycles. The van der Waals surface area contributed by atoms with Crippen molar-refractivity contribution in [3.63, 3.8) is 0 Å². The van der Waals surface area contributed by atoms with Crippen molar-refractivity contribution in [3.05, 3.63) is 52.9 Å². The molecule has 24 heavy (non-hydrogen) atoms. The van der Waals surface area contributed by atoms with Gasteiger partial charge in [0.2, 0.25) is 16.9 Å². The van der Waals surface area contributed by atoms with Crippen molar-refractivity contribution in [3.8, 4) is 17.3 Å². The van der Waals surface area contributed by atoms with Gasteiger partial charge < -0.3 is 18.3 Å². The molecule has 0 spiro atoms. The molecule has 0 amide bonds. The zero-order valence-corrected chi connectivity index (χ0v) is 13.1. The van der Waals surface area contributed by atoms with Crippen LogP contribution in [0.25, 0.3) is 22.5 Å². The molecule has 0 atom stereocenters. The maximum Gasteiger partial charge on any atom is 0.344 e. The van der Waals surface area contributed by atoms with Crippen molar-refractivity contribution < 1.29 is 23.1 Å². The molecule has 0 radical (unpaired) electrons. The summed E-state index contributed by atoms with van der Waals surface area (Å²) in [7, 11) is 0. The molecular formula is C18H16O6. The number of rotatable bonds is 6. The molecule has 124 valence electrons. The lowest BCUT2D eigenvalue weighted by Gasteiger charge is -2.10. The highest BCUT2D eigenvalue weighted by Gasteiger charge is 2.20. The van der Waals surface area contributed by atoms with E-state index in [2.05, 4.69) is 0 Å². The number of furan rings is 1. The van der Waals surface area contributed by atoms with Gasteiger partial charge in [0, 0.05) is 0 Å². The SMILES string of the molecule is CCCOC(=O)COc1c(-c2ccco2)oc2ccccc2c1=O. The standard InChI is InChI=1S/C18H16O6/c1-2-9-22-15(19)11-23-18-16(20)12-6-3-4-7-13(12)24-17(18)14-8-5-10-21-14/h3-8,10H,2,9,11H2,1H3. The first-order valence-electron chi connectivity index (χ1n) is 7.59. The normalized spacial score (nSPS) is 10.7. The van der Waals surface area contributed by atoms with Gasteiger partial charge in [-0.3, -0.25) is 4.79 Å². The second kappa shape index (κ2) is 7.04. The number of carbonyl (C=O) groups excluding carboxylic acids is 1. The molecule has 6 nitrogen and oxygen atoms in total. The van der Waals surface area contributed by atoms with Crippen molar-refractivity contribution in [2.24, 2.45) is 0 Å². The van der Waals surface area contributed by atoms with Crippen LogP contribution in [-0.2, 0) is 9.53 Å². The Hall–Kier alpha value is -3.02. The van der Waals surface area contributed by atoms with E-state index in [0.717, 1.165) is 0 Å². The molecule has 0 unspecified atom stereocenters. The van der Waals surface area contributed by atoms with Gasteiger partial charge >= 0.3 is 5.97 Å². The Labute approximate surface area is 137 Å². The Morgan fingerprint density at radius 2 is 2.00 bits per heavy atom. The van der Waals surface area contributed by atoms with Crippen LogP contribution >= 0.6 is 0 Å². The minimum Gasteiger partial charge on any atom is -0.474 e. The maximum absolute atomic E-state index is 12.7. The van der Waals surface area contributed by atoms with Crippen molar-refractivity contribution in [1.82, 2.24) is 0 Å². The summed E-state index contributed by atoms with van der Waals surface area (Å²) in [6.45, 7) is 1.82. The molecule has 6 heteroatoms. The quantitative estimate of drug-likeness (QED) is 0.645. The summed E-state index contributed by atoms with van der Waals surface area (Å²) in [5.74, 6) is -0.131. The van der Waals surface area contributed by atoms with Crippen LogP contribution in [0.1, 0.15) is 13.3 Å². The molecule has 0 N–H and O–H groups in total. The molecular weight excluding hydrogens is 312 g/mol. The van der Waals surface area contributed by atoms with Crippen molar-refractivity contribution in [2.75, 3.05) is 13.2 Å². The van der Waals surface area contributed by atoms with Crippen LogP contribution in [0.4, 0.5) is 0 Å². The average molecular weight is 328 g/mol. The molecule has 0 fully saturated rings. The summed E-state index contributed by atoms with van der Waals surface area (Å²) in [5, 5.41) is 0.365. The second-order valence-electron chi connectivity index (χ2n) is 5.07. The van der Waals surface area contributed by atoms with Crippen LogP contribution in [0.3, 0.4) is 0 Å². The minimum absolute atomic E-state index is 0.0721. The third-order valence-corrected chi connectivity index (χ3v) is 3.30. The largest absolute Gasteiger partial charge is 0.474 e. The number of hydrogen-bond donors (Lipinski definition) is 0. The van der Waals surface area contributed by atoms with Gasteiger partial charge in [0.1, 0.15) is 5.58 Å². The van der Waals surface area contributed by atoms with Gasteiger partial charge in [0.05, 0.1) is 18.3 Å². The molecule has 3 rings (SSSR count). The fourth-order valence-electron chi connectivity index (χ4n) is 2.21. The molecule has 0 aliphatic heterocycles. The van der Waals surface area contributed by atoms with Gasteiger partial charge in [-0.15, -0.1) is 0 Å². The summed E-state index contributed by atoms with van der Waals surface area (Å²) >= 11 is 0. The number of carbonyl (C=O) groups is 1. The predicted molar refractivity (Wildman–Crippen MR) is 86.9 cm³/mol. The number of hydrogen-bond acceptors (Lipinski definition) is 6. The molecule has 0 saturated carbocycles. The van der Waals surface area contributed by atoms with E-state index in [1.54, 1.807) is 36.4 Å². The van der Waals surface area contributed by atoms with Crippen LogP contribution < -0.4 is 10.2 Å². The lowest BCUT2D eigenvalue weighted by Crippen LogP contribution is -2.19. The Bertz CT molecular complexity index is 892. The average Bonchev–Trinajstić information content (AvgIpc) is 3.13. The lowest BCUT2D eigenvalue weighted by molar-refractivity contribution is -0.146. The monoisotopic (exact) mass is 328 g/mol. The lowest BCUT2D eigenvalue weighted by atomic mass is 10.2. The first-order chi connectivity index (χ1) is 11.7. The minimum atomic E-state index is -0.546. The van der Waals surface area contributed by atoms with Crippen LogP contribution in [0, 0.1) is 0 Å². The number of para-hydroxylation sites is 1. The van der Waals surface area contributed by atoms with Crippen molar-refractivity contribution in [1.29, 1.82) is 0 Å². The molecule has 0 bridgehead atoms. The van der Waals surface area contributed by atoms with E-state index in [4.69, 9.17) is 18.3 Å². The molecule has 0 aliphatic rings. The number of fused-ring (bicyclic) bond motifs is 1. The topological polar surface area (TPSA) is 78.9 Å². The number of benzene rings is 1. The molecule has 2 aromatic heterocycles. The molecule has 0 saturated heterocycles. The summed E-state index contributed by atoms with van der Waals surface area (Å²) in [5.41, 5.74) is 0.0429. The highest BCUT2D eigenvalue weighted by Crippen LogP contribution is 2.31. The van der Waals surface area contributed by atoms with Gasteiger partial charge in [-0.2, -0.15) is 0 Å². The highest BCUT2D eigenvalue weighted by molar-refractivity contribution is 5.81. The smallest absolute Gasteiger partial charge is 0.344 e. The summed E-state index contributed by atoms with van der Waals surface area (Å²) in [6.07, 6.45) is 2.17. The van der Waals surface area contributed by atoms with E-state index in [0.29, 0.717) is 29.8 Å². The number of ether oxygens (including phenoxy) is 2. The third kappa shape index (κ3) is 3.17. The van der Waals surface area contributed by atoms with Crippen LogP contribution in [0.15, 0.2) is 56.3 Å². The van der Waals surface area contributed by atoms with Gasteiger partial charge in [0.25, 0.3) is 0 Å². The molecule has 0 aliphatic carbocycles. The Morgan fingerprint density at radius 1 is 1.17 bits per heavy atom. The van der Waals surface area contributed by atoms with E-state index >= 15 is 0 Å². The number of esters is 1. The van der Waals surface area contributed by atoms with Gasteiger partial charge in [0.15, 0.2) is 12.4 Å². The van der Waals surface area contributed by atoms with Crippen LogP contribution in [0.2, 0.25) is 0 Å². The Kier molecular flexibility index (Phi) is 4.65. The van der Waals surface area contributed by atoms with Crippen LogP contribution in [-0.4, -0.2) is 19.2 Å². The highest BCUT2D eigenvalue weighted by atomic mass is 16.6.